The Morgan fingerprint density at radius 1 is 0.900 bits per heavy atom. The average molecular weight is 406 g/mol. The zero-order chi connectivity index (χ0) is 20.9. The maximum absolute atomic E-state index is 12.5. The largest absolute Gasteiger partial charge is 0.351 e. The van der Waals surface area contributed by atoms with Crippen molar-refractivity contribution >= 4 is 17.5 Å². The van der Waals surface area contributed by atoms with Crippen LogP contribution in [0.2, 0.25) is 0 Å². The van der Waals surface area contributed by atoms with Crippen molar-refractivity contribution < 1.29 is 9.59 Å². The monoisotopic (exact) mass is 405 g/mol. The van der Waals surface area contributed by atoms with Crippen LogP contribution in [0.5, 0.6) is 0 Å². The first-order valence-electron chi connectivity index (χ1n) is 11.1. The zero-order valence-electron chi connectivity index (χ0n) is 17.8. The molecule has 1 saturated heterocycles. The highest BCUT2D eigenvalue weighted by Gasteiger charge is 2.22. The summed E-state index contributed by atoms with van der Waals surface area (Å²) in [6.45, 7) is 6.28. The first kappa shape index (κ1) is 20.6. The van der Waals surface area contributed by atoms with Gasteiger partial charge in [-0.25, -0.2) is 0 Å². The fraction of sp³-hybridized carbons (Fsp3) is 0.440. The Labute approximate surface area is 179 Å². The first-order valence-corrected chi connectivity index (χ1v) is 11.1. The van der Waals surface area contributed by atoms with Gasteiger partial charge in [0.1, 0.15) is 0 Å². The summed E-state index contributed by atoms with van der Waals surface area (Å²) in [5.74, 6) is 0.0788. The molecule has 2 aromatic carbocycles. The van der Waals surface area contributed by atoms with E-state index in [-0.39, 0.29) is 11.8 Å². The summed E-state index contributed by atoms with van der Waals surface area (Å²) >= 11 is 0. The Balaban J connectivity index is 1.35. The van der Waals surface area contributed by atoms with Crippen molar-refractivity contribution in [2.75, 3.05) is 37.6 Å². The van der Waals surface area contributed by atoms with Gasteiger partial charge in [0.05, 0.1) is 0 Å². The number of fused-ring (bicyclic) bond motifs is 1. The van der Waals surface area contributed by atoms with Crippen LogP contribution in [0.3, 0.4) is 0 Å². The van der Waals surface area contributed by atoms with E-state index in [0.717, 1.165) is 49.4 Å². The number of hydrogen-bond acceptors (Lipinski definition) is 3. The van der Waals surface area contributed by atoms with E-state index in [0.29, 0.717) is 12.1 Å². The number of carbonyl (C=O) groups is 2. The molecule has 5 nitrogen and oxygen atoms in total. The van der Waals surface area contributed by atoms with Gasteiger partial charge in [0.15, 0.2) is 0 Å². The van der Waals surface area contributed by atoms with Gasteiger partial charge < -0.3 is 15.1 Å². The van der Waals surface area contributed by atoms with Crippen molar-refractivity contribution in [1.29, 1.82) is 0 Å². The lowest BCUT2D eigenvalue weighted by atomic mass is 10.0. The normalized spacial score (nSPS) is 16.8. The third-order valence-corrected chi connectivity index (χ3v) is 6.25. The number of nitrogens with one attached hydrogen (secondary N) is 1. The van der Waals surface area contributed by atoms with Crippen molar-refractivity contribution in [3.63, 3.8) is 0 Å². The van der Waals surface area contributed by atoms with E-state index in [2.05, 4.69) is 22.3 Å². The van der Waals surface area contributed by atoms with Gasteiger partial charge in [-0.15, -0.1) is 0 Å². The van der Waals surface area contributed by atoms with Crippen LogP contribution < -0.4 is 10.2 Å². The quantitative estimate of drug-likeness (QED) is 0.822. The molecule has 1 N–H and O–H groups in total. The summed E-state index contributed by atoms with van der Waals surface area (Å²) in [5.41, 5.74) is 5.12. The van der Waals surface area contributed by atoms with E-state index >= 15 is 0 Å². The highest BCUT2D eigenvalue weighted by molar-refractivity contribution is 5.95. The average Bonchev–Trinajstić information content (AvgIpc) is 3.02. The molecule has 2 aromatic rings. The summed E-state index contributed by atoms with van der Waals surface area (Å²) in [6.07, 6.45) is 6.08. The van der Waals surface area contributed by atoms with Crippen LogP contribution in [-0.2, 0) is 11.2 Å². The maximum Gasteiger partial charge on any atom is 0.251 e. The summed E-state index contributed by atoms with van der Waals surface area (Å²) in [4.78, 5) is 28.5. The molecule has 0 aliphatic carbocycles. The standard InChI is InChI=1S/C25H31N3O2/c1-19(29)28-16-12-23-18-22(10-11-24(23)28)20-6-8-21(9-7-20)25(30)26-13-17-27-14-4-2-3-5-15-27/h6-11,18H,2-5,12-17H2,1H3,(H,26,30). The third kappa shape index (κ3) is 4.73. The number of rotatable bonds is 5. The van der Waals surface area contributed by atoms with Gasteiger partial charge in [-0.1, -0.05) is 31.0 Å². The second-order valence-electron chi connectivity index (χ2n) is 8.35. The maximum atomic E-state index is 12.5. The van der Waals surface area contributed by atoms with Crippen LogP contribution >= 0.6 is 0 Å². The SMILES string of the molecule is CC(=O)N1CCc2cc(-c3ccc(C(=O)NCCN4CCCCCC4)cc3)ccc21. The number of carbonyl (C=O) groups excluding carboxylic acids is 2. The Morgan fingerprint density at radius 3 is 2.30 bits per heavy atom. The molecule has 0 bridgehead atoms. The third-order valence-electron chi connectivity index (χ3n) is 6.25. The van der Waals surface area contributed by atoms with E-state index < -0.39 is 0 Å². The summed E-state index contributed by atoms with van der Waals surface area (Å²) in [5, 5.41) is 3.06. The van der Waals surface area contributed by atoms with Gasteiger partial charge in [0, 0.05) is 37.8 Å². The smallest absolute Gasteiger partial charge is 0.251 e. The Kier molecular flexibility index (Phi) is 6.48. The summed E-state index contributed by atoms with van der Waals surface area (Å²) in [6, 6.07) is 14.0. The minimum Gasteiger partial charge on any atom is -0.351 e. The van der Waals surface area contributed by atoms with Gasteiger partial charge in [-0.2, -0.15) is 0 Å². The van der Waals surface area contributed by atoms with Crippen LogP contribution in [0.4, 0.5) is 5.69 Å². The number of anilines is 1. The minimum absolute atomic E-state index is 0.0116. The van der Waals surface area contributed by atoms with Crippen molar-refractivity contribution in [2.24, 2.45) is 0 Å². The fourth-order valence-electron chi connectivity index (χ4n) is 4.51. The number of hydrogen-bond donors (Lipinski definition) is 1. The summed E-state index contributed by atoms with van der Waals surface area (Å²) in [7, 11) is 0. The zero-order valence-corrected chi connectivity index (χ0v) is 17.8. The van der Waals surface area contributed by atoms with E-state index in [1.54, 1.807) is 6.92 Å². The second kappa shape index (κ2) is 9.43. The van der Waals surface area contributed by atoms with Crippen molar-refractivity contribution in [3.8, 4) is 11.1 Å². The Hall–Kier alpha value is -2.66. The molecule has 2 heterocycles. The molecule has 0 aromatic heterocycles. The van der Waals surface area contributed by atoms with Gasteiger partial charge >= 0.3 is 0 Å². The minimum atomic E-state index is -0.0116. The predicted molar refractivity (Wildman–Crippen MR) is 121 cm³/mol. The molecular formula is C25H31N3O2. The van der Waals surface area contributed by atoms with E-state index in [4.69, 9.17) is 0 Å². The lowest BCUT2D eigenvalue weighted by Gasteiger charge is -2.19. The highest BCUT2D eigenvalue weighted by Crippen LogP contribution is 2.32. The van der Waals surface area contributed by atoms with Gasteiger partial charge in [0.25, 0.3) is 5.91 Å². The second-order valence-corrected chi connectivity index (χ2v) is 8.35. The van der Waals surface area contributed by atoms with Gasteiger partial charge in [-0.3, -0.25) is 9.59 Å². The lowest BCUT2D eigenvalue weighted by Crippen LogP contribution is -2.35. The van der Waals surface area contributed by atoms with Crippen LogP contribution in [0.15, 0.2) is 42.5 Å². The van der Waals surface area contributed by atoms with Gasteiger partial charge in [0.2, 0.25) is 5.91 Å². The highest BCUT2D eigenvalue weighted by atomic mass is 16.2. The van der Waals surface area contributed by atoms with Crippen LogP contribution in [0, 0.1) is 0 Å². The molecule has 0 radical (unpaired) electrons. The fourth-order valence-corrected chi connectivity index (χ4v) is 4.51. The van der Waals surface area contributed by atoms with Crippen molar-refractivity contribution in [3.05, 3.63) is 53.6 Å². The molecule has 0 spiro atoms. The van der Waals surface area contributed by atoms with Crippen molar-refractivity contribution in [2.45, 2.75) is 39.0 Å². The molecule has 0 saturated carbocycles. The number of amides is 2. The molecule has 0 unspecified atom stereocenters. The van der Waals surface area contributed by atoms with Crippen LogP contribution in [0.25, 0.3) is 11.1 Å². The number of benzene rings is 2. The van der Waals surface area contributed by atoms with Gasteiger partial charge in [-0.05, 0) is 73.3 Å². The van der Waals surface area contributed by atoms with E-state index in [1.807, 2.05) is 35.2 Å². The lowest BCUT2D eigenvalue weighted by molar-refractivity contribution is -0.116. The predicted octanol–water partition coefficient (Wildman–Crippen LogP) is 3.87. The Morgan fingerprint density at radius 2 is 1.60 bits per heavy atom. The van der Waals surface area contributed by atoms with Crippen LogP contribution in [-0.4, -0.2) is 49.4 Å². The Bertz CT molecular complexity index is 899. The van der Waals surface area contributed by atoms with Crippen LogP contribution in [0.1, 0.15) is 48.5 Å². The molecule has 2 aliphatic rings. The molecule has 5 heteroatoms. The summed E-state index contributed by atoms with van der Waals surface area (Å²) < 4.78 is 0. The first-order chi connectivity index (χ1) is 14.6. The number of nitrogens with zero attached hydrogens (tertiary/aromatic N) is 2. The molecule has 2 amide bonds. The molecule has 158 valence electrons. The molecule has 4 rings (SSSR count). The topological polar surface area (TPSA) is 52.7 Å². The van der Waals surface area contributed by atoms with Crippen molar-refractivity contribution in [1.82, 2.24) is 10.2 Å². The molecular weight excluding hydrogens is 374 g/mol. The van der Waals surface area contributed by atoms with E-state index in [9.17, 15) is 9.59 Å². The molecule has 2 aliphatic heterocycles. The molecule has 30 heavy (non-hydrogen) atoms. The number of likely N-dealkylation sites (tertiary alicyclic amines) is 1. The molecule has 1 fully saturated rings. The molecule has 0 atom stereocenters. The van der Waals surface area contributed by atoms with E-state index in [1.165, 1.54) is 31.2 Å².